The third-order valence-corrected chi connectivity index (χ3v) is 5.87. The van der Waals surface area contributed by atoms with Crippen LogP contribution in [0.2, 0.25) is 0 Å². The fourth-order valence-electron chi connectivity index (χ4n) is 4.47. The zero-order valence-electron chi connectivity index (χ0n) is 15.7. The fourth-order valence-corrected chi connectivity index (χ4v) is 4.47. The number of para-hydroxylation sites is 1. The molecule has 0 saturated carbocycles. The number of benzene rings is 3. The van der Waals surface area contributed by atoms with Gasteiger partial charge in [0.05, 0.1) is 11.4 Å². The summed E-state index contributed by atoms with van der Waals surface area (Å²) in [4.78, 5) is 4.82. The number of nitrogens with two attached hydrogens (primary N) is 1. The second kappa shape index (κ2) is 6.31. The van der Waals surface area contributed by atoms with E-state index < -0.39 is 0 Å². The summed E-state index contributed by atoms with van der Waals surface area (Å²) in [7, 11) is 2.00. The van der Waals surface area contributed by atoms with Crippen molar-refractivity contribution in [3.05, 3.63) is 71.3 Å². The van der Waals surface area contributed by atoms with E-state index >= 15 is 0 Å². The molecule has 136 valence electrons. The van der Waals surface area contributed by atoms with Crippen LogP contribution in [0.3, 0.4) is 0 Å². The first-order chi connectivity index (χ1) is 13.2. The summed E-state index contributed by atoms with van der Waals surface area (Å²) < 4.78 is 0. The normalized spacial score (nSPS) is 15.9. The lowest BCUT2D eigenvalue weighted by atomic mass is 10.0. The fraction of sp³-hybridized carbons (Fsp3) is 0.261. The van der Waals surface area contributed by atoms with Crippen LogP contribution in [0.15, 0.2) is 59.6 Å². The molecule has 1 aliphatic carbocycles. The molecule has 3 aromatic carbocycles. The van der Waals surface area contributed by atoms with Crippen LogP contribution in [-0.2, 0) is 19.3 Å². The van der Waals surface area contributed by atoms with Crippen LogP contribution in [-0.4, -0.2) is 24.6 Å². The van der Waals surface area contributed by atoms with Gasteiger partial charge in [0, 0.05) is 19.0 Å². The van der Waals surface area contributed by atoms with Crippen LogP contribution < -0.4 is 10.7 Å². The number of aryl methyl sites for hydroxylation is 3. The van der Waals surface area contributed by atoms with Crippen molar-refractivity contribution in [2.45, 2.75) is 25.7 Å². The molecular formula is C23H24N4. The molecule has 1 heterocycles. The highest BCUT2D eigenvalue weighted by molar-refractivity contribution is 6.00. The molecule has 1 aliphatic heterocycles. The molecule has 2 N–H and O–H groups in total. The number of aliphatic imine (C=N–C) groups is 1. The quantitative estimate of drug-likeness (QED) is 0.553. The van der Waals surface area contributed by atoms with Crippen LogP contribution in [0.4, 0.5) is 11.4 Å². The summed E-state index contributed by atoms with van der Waals surface area (Å²) >= 11 is 0. The number of guanidine groups is 1. The highest BCUT2D eigenvalue weighted by Crippen LogP contribution is 2.36. The zero-order valence-corrected chi connectivity index (χ0v) is 15.7. The van der Waals surface area contributed by atoms with E-state index in [9.17, 15) is 0 Å². The summed E-state index contributed by atoms with van der Waals surface area (Å²) in [5.41, 5.74) is 12.9. The molecule has 4 nitrogen and oxygen atoms in total. The van der Waals surface area contributed by atoms with E-state index in [4.69, 9.17) is 10.7 Å². The minimum absolute atomic E-state index is 0.519. The average Bonchev–Trinajstić information content (AvgIpc) is 3.14. The lowest BCUT2D eigenvalue weighted by molar-refractivity contribution is 0.432. The molecule has 4 heteroatoms. The summed E-state index contributed by atoms with van der Waals surface area (Å²) in [6.07, 6.45) is 4.49. The molecule has 27 heavy (non-hydrogen) atoms. The lowest BCUT2D eigenvalue weighted by Gasteiger charge is -2.38. The van der Waals surface area contributed by atoms with Gasteiger partial charge in [0.15, 0.2) is 0 Å². The molecule has 2 aliphatic rings. The van der Waals surface area contributed by atoms with E-state index in [1.165, 1.54) is 33.2 Å². The van der Waals surface area contributed by atoms with E-state index in [0.29, 0.717) is 5.96 Å². The van der Waals surface area contributed by atoms with Crippen LogP contribution in [0.5, 0.6) is 0 Å². The molecule has 0 spiro atoms. The van der Waals surface area contributed by atoms with Crippen molar-refractivity contribution >= 4 is 28.1 Å². The van der Waals surface area contributed by atoms with E-state index in [-0.39, 0.29) is 0 Å². The van der Waals surface area contributed by atoms with Crippen molar-refractivity contribution in [1.29, 1.82) is 0 Å². The van der Waals surface area contributed by atoms with Gasteiger partial charge in [-0.3, -0.25) is 10.0 Å². The predicted molar refractivity (Wildman–Crippen MR) is 113 cm³/mol. The molecule has 0 aromatic heterocycles. The Morgan fingerprint density at radius 3 is 2.59 bits per heavy atom. The van der Waals surface area contributed by atoms with Gasteiger partial charge < -0.3 is 5.73 Å². The van der Waals surface area contributed by atoms with Crippen molar-refractivity contribution in [2.75, 3.05) is 18.6 Å². The number of nitrogens with zero attached hydrogens (tertiary/aromatic N) is 3. The van der Waals surface area contributed by atoms with Gasteiger partial charge in [-0.05, 0) is 59.9 Å². The smallest absolute Gasteiger partial charge is 0.215 e. The Morgan fingerprint density at radius 2 is 1.70 bits per heavy atom. The van der Waals surface area contributed by atoms with Gasteiger partial charge in [-0.2, -0.15) is 0 Å². The molecule has 0 atom stereocenters. The van der Waals surface area contributed by atoms with E-state index in [0.717, 1.165) is 37.9 Å². The molecule has 0 radical (unpaired) electrons. The Morgan fingerprint density at radius 1 is 0.926 bits per heavy atom. The maximum atomic E-state index is 6.45. The molecule has 0 bridgehead atoms. The zero-order chi connectivity index (χ0) is 18.4. The maximum Gasteiger partial charge on any atom is 0.215 e. The van der Waals surface area contributed by atoms with E-state index in [1.807, 2.05) is 12.1 Å². The third kappa shape index (κ3) is 2.64. The highest BCUT2D eigenvalue weighted by atomic mass is 15.6. The van der Waals surface area contributed by atoms with Crippen LogP contribution >= 0.6 is 0 Å². The number of hydrazine groups is 1. The van der Waals surface area contributed by atoms with Crippen molar-refractivity contribution in [1.82, 2.24) is 5.01 Å². The monoisotopic (exact) mass is 356 g/mol. The molecule has 5 rings (SSSR count). The Labute approximate surface area is 159 Å². The first-order valence-electron chi connectivity index (χ1n) is 9.69. The maximum absolute atomic E-state index is 6.45. The minimum atomic E-state index is 0.519. The number of hydrogen-bond acceptors (Lipinski definition) is 2. The molecule has 3 aromatic rings. The van der Waals surface area contributed by atoms with Crippen LogP contribution in [0.1, 0.15) is 23.1 Å². The Bertz CT molecular complexity index is 1040. The summed E-state index contributed by atoms with van der Waals surface area (Å²) in [6.45, 7) is 0.952. The molecule has 0 fully saturated rings. The standard InChI is InChI=1S/C23H24N4/c1-26(27-15-5-8-16-6-2-3-10-21(16)27)23(24)25-20-14-13-18-12-11-17-7-4-9-19(20)22(17)18/h2-4,6-7,9-10,13-14H,5,8,11-12,15H2,1H3,(H2,24,25). The van der Waals surface area contributed by atoms with Crippen molar-refractivity contribution in [2.24, 2.45) is 10.7 Å². The number of rotatable bonds is 2. The van der Waals surface area contributed by atoms with Gasteiger partial charge in [-0.1, -0.05) is 42.5 Å². The van der Waals surface area contributed by atoms with Gasteiger partial charge in [0.2, 0.25) is 5.96 Å². The summed E-state index contributed by atoms with van der Waals surface area (Å²) in [5, 5.41) is 6.80. The first kappa shape index (κ1) is 16.2. The third-order valence-electron chi connectivity index (χ3n) is 5.87. The molecular weight excluding hydrogens is 332 g/mol. The van der Waals surface area contributed by atoms with Crippen molar-refractivity contribution in [3.63, 3.8) is 0 Å². The topological polar surface area (TPSA) is 44.9 Å². The molecule has 0 amide bonds. The van der Waals surface area contributed by atoms with Crippen LogP contribution in [0.25, 0.3) is 10.8 Å². The lowest BCUT2D eigenvalue weighted by Crippen LogP contribution is -2.49. The second-order valence-electron chi connectivity index (χ2n) is 7.43. The first-order valence-corrected chi connectivity index (χ1v) is 9.69. The van der Waals surface area contributed by atoms with Gasteiger partial charge in [-0.25, -0.2) is 4.99 Å². The van der Waals surface area contributed by atoms with Crippen LogP contribution in [0, 0.1) is 0 Å². The van der Waals surface area contributed by atoms with E-state index in [2.05, 4.69) is 59.6 Å². The SMILES string of the molecule is CN(C(N)=Nc1ccc2c3c(cccc13)CC2)N1CCCc2ccccc21. The minimum Gasteiger partial charge on any atom is -0.368 e. The van der Waals surface area contributed by atoms with Gasteiger partial charge in [0.1, 0.15) is 0 Å². The largest absolute Gasteiger partial charge is 0.368 e. The van der Waals surface area contributed by atoms with Gasteiger partial charge in [-0.15, -0.1) is 0 Å². The number of hydrogen-bond donors (Lipinski definition) is 1. The Balaban J connectivity index is 1.53. The second-order valence-corrected chi connectivity index (χ2v) is 7.43. The van der Waals surface area contributed by atoms with Gasteiger partial charge in [0.25, 0.3) is 0 Å². The number of fused-ring (bicyclic) bond motifs is 1. The molecule has 0 unspecified atom stereocenters. The highest BCUT2D eigenvalue weighted by Gasteiger charge is 2.21. The summed E-state index contributed by atoms with van der Waals surface area (Å²) in [6, 6.07) is 19.4. The summed E-state index contributed by atoms with van der Waals surface area (Å²) in [5.74, 6) is 0.519. The van der Waals surface area contributed by atoms with E-state index in [1.54, 1.807) is 0 Å². The van der Waals surface area contributed by atoms with Crippen molar-refractivity contribution < 1.29 is 0 Å². The Hall–Kier alpha value is -3.01. The number of anilines is 1. The molecule has 0 saturated heterocycles. The van der Waals surface area contributed by atoms with Crippen molar-refractivity contribution in [3.8, 4) is 0 Å². The predicted octanol–water partition coefficient (Wildman–Crippen LogP) is 4.18. The van der Waals surface area contributed by atoms with Gasteiger partial charge >= 0.3 is 0 Å². The Kier molecular flexibility index (Phi) is 3.78. The average molecular weight is 356 g/mol.